The average Bonchev–Trinajstić information content (AvgIpc) is 3.51. The predicted octanol–water partition coefficient (Wildman–Crippen LogP) is 3.62. The molecule has 0 radical (unpaired) electrons. The number of halogens is 1. The monoisotopic (exact) mass is 455 g/mol. The summed E-state index contributed by atoms with van der Waals surface area (Å²) in [5, 5.41) is 13.4. The zero-order valence-electron chi connectivity index (χ0n) is 15.8. The number of hydrogen-bond acceptors (Lipinski definition) is 7. The second-order valence-electron chi connectivity index (χ2n) is 6.57. The summed E-state index contributed by atoms with van der Waals surface area (Å²) in [6, 6.07) is 10.9. The number of anilines is 1. The highest BCUT2D eigenvalue weighted by atomic mass is 32.2. The van der Waals surface area contributed by atoms with Crippen molar-refractivity contribution in [2.75, 3.05) is 11.1 Å². The van der Waals surface area contributed by atoms with Crippen molar-refractivity contribution in [2.24, 2.45) is 0 Å². The van der Waals surface area contributed by atoms with Crippen LogP contribution < -0.4 is 10.9 Å². The van der Waals surface area contributed by atoms with Gasteiger partial charge in [-0.2, -0.15) is 0 Å². The molecule has 4 heterocycles. The van der Waals surface area contributed by atoms with E-state index >= 15 is 0 Å². The lowest BCUT2D eigenvalue weighted by molar-refractivity contribution is -0.113. The molecule has 0 bridgehead atoms. The normalized spacial score (nSPS) is 11.4. The van der Waals surface area contributed by atoms with Crippen LogP contribution in [0.1, 0.15) is 5.76 Å². The Morgan fingerprint density at radius 2 is 2.03 bits per heavy atom. The third-order valence-electron chi connectivity index (χ3n) is 4.54. The van der Waals surface area contributed by atoms with E-state index < -0.39 is 0 Å². The first-order valence-corrected chi connectivity index (χ1v) is 11.0. The SMILES string of the molecule is O=C(CSc1nnc2n(Cc3ccco3)c(=O)c3sccc3n12)Nc1ccc(F)cc1. The van der Waals surface area contributed by atoms with Crippen LogP contribution in [0.5, 0.6) is 0 Å². The highest BCUT2D eigenvalue weighted by Gasteiger charge is 2.19. The molecule has 0 spiro atoms. The van der Waals surface area contributed by atoms with Gasteiger partial charge in [-0.05, 0) is 47.8 Å². The molecule has 4 aromatic heterocycles. The van der Waals surface area contributed by atoms with Crippen molar-refractivity contribution in [1.82, 2.24) is 19.2 Å². The van der Waals surface area contributed by atoms with Crippen molar-refractivity contribution in [3.63, 3.8) is 0 Å². The smallest absolute Gasteiger partial charge is 0.273 e. The van der Waals surface area contributed by atoms with E-state index in [2.05, 4.69) is 15.5 Å². The Kier molecular flexibility index (Phi) is 5.04. The minimum Gasteiger partial charge on any atom is -0.467 e. The minimum atomic E-state index is -0.373. The van der Waals surface area contributed by atoms with Gasteiger partial charge < -0.3 is 9.73 Å². The van der Waals surface area contributed by atoms with Gasteiger partial charge in [0.05, 0.1) is 24.1 Å². The first-order chi connectivity index (χ1) is 15.1. The van der Waals surface area contributed by atoms with Crippen LogP contribution in [0, 0.1) is 5.82 Å². The van der Waals surface area contributed by atoms with Crippen molar-refractivity contribution in [3.8, 4) is 0 Å². The number of thioether (sulfide) groups is 1. The molecule has 0 aliphatic rings. The summed E-state index contributed by atoms with van der Waals surface area (Å²) < 4.78 is 22.3. The fraction of sp³-hybridized carbons (Fsp3) is 0.100. The molecule has 0 unspecified atom stereocenters. The largest absolute Gasteiger partial charge is 0.467 e. The van der Waals surface area contributed by atoms with Crippen LogP contribution in [0.25, 0.3) is 16.0 Å². The number of hydrogen-bond donors (Lipinski definition) is 1. The Morgan fingerprint density at radius 3 is 2.81 bits per heavy atom. The second kappa shape index (κ2) is 8.00. The first-order valence-electron chi connectivity index (χ1n) is 9.16. The van der Waals surface area contributed by atoms with Gasteiger partial charge in [-0.3, -0.25) is 18.6 Å². The maximum Gasteiger partial charge on any atom is 0.273 e. The van der Waals surface area contributed by atoms with Gasteiger partial charge in [0.25, 0.3) is 5.56 Å². The molecule has 5 aromatic rings. The quantitative estimate of drug-likeness (QED) is 0.393. The molecule has 0 aliphatic heterocycles. The fourth-order valence-corrected chi connectivity index (χ4v) is 4.72. The van der Waals surface area contributed by atoms with E-state index in [9.17, 15) is 14.0 Å². The highest BCUT2D eigenvalue weighted by molar-refractivity contribution is 7.99. The van der Waals surface area contributed by atoms with Crippen LogP contribution >= 0.6 is 23.1 Å². The molecule has 156 valence electrons. The number of thiophene rings is 1. The van der Waals surface area contributed by atoms with E-state index in [0.717, 1.165) is 0 Å². The minimum absolute atomic E-state index is 0.0705. The summed E-state index contributed by atoms with van der Waals surface area (Å²) in [5.41, 5.74) is 1.02. The van der Waals surface area contributed by atoms with Gasteiger partial charge in [-0.25, -0.2) is 4.39 Å². The van der Waals surface area contributed by atoms with E-state index in [1.165, 1.54) is 51.9 Å². The average molecular weight is 455 g/mol. The number of aromatic nitrogens is 4. The third kappa shape index (κ3) is 3.73. The molecule has 0 fully saturated rings. The van der Waals surface area contributed by atoms with E-state index in [-0.39, 0.29) is 29.6 Å². The van der Waals surface area contributed by atoms with Gasteiger partial charge in [-0.1, -0.05) is 11.8 Å². The number of carbonyl (C=O) groups excluding carboxylic acids is 1. The van der Waals surface area contributed by atoms with Crippen LogP contribution in [0.3, 0.4) is 0 Å². The summed E-state index contributed by atoms with van der Waals surface area (Å²) in [6.07, 6.45) is 1.55. The van der Waals surface area contributed by atoms with Crippen LogP contribution in [-0.4, -0.2) is 30.8 Å². The predicted molar refractivity (Wildman–Crippen MR) is 116 cm³/mol. The van der Waals surface area contributed by atoms with Gasteiger partial charge in [0.2, 0.25) is 11.7 Å². The molecule has 0 atom stereocenters. The molecule has 1 amide bonds. The van der Waals surface area contributed by atoms with Gasteiger partial charge >= 0.3 is 0 Å². The van der Waals surface area contributed by atoms with Crippen molar-refractivity contribution < 1.29 is 13.6 Å². The molecule has 0 aliphatic carbocycles. The van der Waals surface area contributed by atoms with Crippen molar-refractivity contribution in [2.45, 2.75) is 11.7 Å². The number of carbonyl (C=O) groups is 1. The summed E-state index contributed by atoms with van der Waals surface area (Å²) in [6.45, 7) is 0.219. The lowest BCUT2D eigenvalue weighted by atomic mass is 10.3. The number of rotatable bonds is 6. The summed E-state index contributed by atoms with van der Waals surface area (Å²) in [7, 11) is 0. The number of nitrogens with zero attached hydrogens (tertiary/aromatic N) is 4. The number of furan rings is 1. The lowest BCUT2D eigenvalue weighted by Gasteiger charge is -2.08. The Labute approximate surface area is 182 Å². The maximum absolute atomic E-state index is 13.0. The van der Waals surface area contributed by atoms with Gasteiger partial charge in [0.15, 0.2) is 5.16 Å². The summed E-state index contributed by atoms with van der Waals surface area (Å²) >= 11 is 2.53. The Bertz CT molecular complexity index is 1440. The number of amides is 1. The number of fused-ring (bicyclic) bond motifs is 3. The van der Waals surface area contributed by atoms with E-state index in [4.69, 9.17) is 4.42 Å². The lowest BCUT2D eigenvalue weighted by Crippen LogP contribution is -2.23. The van der Waals surface area contributed by atoms with Crippen molar-refractivity contribution >= 4 is 50.7 Å². The standard InChI is InChI=1S/C20H14FN5O3S2/c21-12-3-5-13(6-4-12)22-16(27)11-31-20-24-23-19-25(10-14-2-1-8-29-14)18(28)17-15(26(19)20)7-9-30-17/h1-9H,10-11H2,(H,22,27). The highest BCUT2D eigenvalue weighted by Crippen LogP contribution is 2.25. The van der Waals surface area contributed by atoms with Gasteiger partial charge in [0, 0.05) is 5.69 Å². The molecule has 0 saturated carbocycles. The number of benzene rings is 1. The van der Waals surface area contributed by atoms with E-state index in [1.807, 2.05) is 11.4 Å². The summed E-state index contributed by atoms with van der Waals surface area (Å²) in [5.74, 6) is 0.423. The zero-order valence-corrected chi connectivity index (χ0v) is 17.5. The summed E-state index contributed by atoms with van der Waals surface area (Å²) in [4.78, 5) is 25.3. The van der Waals surface area contributed by atoms with Gasteiger partial charge in [0.1, 0.15) is 16.3 Å². The molecular formula is C20H14FN5O3S2. The molecule has 1 aromatic carbocycles. The first kappa shape index (κ1) is 19.5. The van der Waals surface area contributed by atoms with Gasteiger partial charge in [-0.15, -0.1) is 21.5 Å². The molecule has 8 nitrogen and oxygen atoms in total. The Morgan fingerprint density at radius 1 is 1.19 bits per heavy atom. The molecule has 5 rings (SSSR count). The van der Waals surface area contributed by atoms with Crippen LogP contribution in [0.2, 0.25) is 0 Å². The zero-order chi connectivity index (χ0) is 21.4. The molecule has 0 saturated heterocycles. The molecular weight excluding hydrogens is 441 g/mol. The Balaban J connectivity index is 1.46. The molecule has 31 heavy (non-hydrogen) atoms. The number of nitrogens with one attached hydrogen (secondary N) is 1. The topological polar surface area (TPSA) is 94.4 Å². The molecule has 1 N–H and O–H groups in total. The van der Waals surface area contributed by atoms with Crippen molar-refractivity contribution in [3.05, 3.63) is 76.0 Å². The van der Waals surface area contributed by atoms with Crippen LogP contribution in [0.15, 0.2) is 68.5 Å². The maximum atomic E-state index is 13.0. The van der Waals surface area contributed by atoms with E-state index in [0.29, 0.717) is 32.6 Å². The van der Waals surface area contributed by atoms with Crippen molar-refractivity contribution in [1.29, 1.82) is 0 Å². The fourth-order valence-electron chi connectivity index (χ4n) is 3.15. The van der Waals surface area contributed by atoms with Crippen LogP contribution in [0.4, 0.5) is 10.1 Å². The van der Waals surface area contributed by atoms with E-state index in [1.54, 1.807) is 22.8 Å². The Hall–Kier alpha value is -3.44. The second-order valence-corrected chi connectivity index (χ2v) is 8.43. The third-order valence-corrected chi connectivity index (χ3v) is 6.36. The molecule has 11 heteroatoms. The van der Waals surface area contributed by atoms with Crippen LogP contribution in [-0.2, 0) is 11.3 Å².